The van der Waals surface area contributed by atoms with Gasteiger partial charge in [-0.3, -0.25) is 4.79 Å². The van der Waals surface area contributed by atoms with E-state index in [1.807, 2.05) is 18.2 Å². The predicted octanol–water partition coefficient (Wildman–Crippen LogP) is 1.71. The van der Waals surface area contributed by atoms with Crippen molar-refractivity contribution in [1.82, 2.24) is 0 Å². The number of esters is 1. The molecule has 2 rings (SSSR count). The molecule has 5 nitrogen and oxygen atoms in total. The van der Waals surface area contributed by atoms with Crippen LogP contribution in [0.3, 0.4) is 0 Å². The Morgan fingerprint density at radius 3 is 3.05 bits per heavy atom. The Labute approximate surface area is 116 Å². The molecule has 0 saturated carbocycles. The minimum absolute atomic E-state index is 0.0860. The van der Waals surface area contributed by atoms with Gasteiger partial charge in [-0.1, -0.05) is 6.07 Å². The summed E-state index contributed by atoms with van der Waals surface area (Å²) in [4.78, 5) is 11.0. The smallest absolute Gasteiger partial charge is 0.306 e. The number of benzene rings is 1. The van der Waals surface area contributed by atoms with Gasteiger partial charge in [0.15, 0.2) is 11.5 Å². The molecular weight excluding hydrogens is 266 g/mol. The van der Waals surface area contributed by atoms with Crippen molar-refractivity contribution in [2.75, 3.05) is 25.4 Å². The van der Waals surface area contributed by atoms with E-state index in [2.05, 4.69) is 4.74 Å². The van der Waals surface area contributed by atoms with Crippen molar-refractivity contribution in [2.24, 2.45) is 5.73 Å². The van der Waals surface area contributed by atoms with Gasteiger partial charge in [0, 0.05) is 17.5 Å². The molecule has 104 valence electrons. The largest absolute Gasteiger partial charge is 0.469 e. The molecule has 1 aromatic rings. The topological polar surface area (TPSA) is 70.8 Å². The Morgan fingerprint density at radius 1 is 1.47 bits per heavy atom. The first-order chi connectivity index (χ1) is 9.20. The molecule has 0 aromatic heterocycles. The van der Waals surface area contributed by atoms with E-state index in [-0.39, 0.29) is 18.8 Å². The number of hydrogen-bond donors (Lipinski definition) is 1. The van der Waals surface area contributed by atoms with Crippen LogP contribution in [0.15, 0.2) is 18.2 Å². The van der Waals surface area contributed by atoms with E-state index in [0.29, 0.717) is 12.2 Å². The molecule has 2 N–H and O–H groups in total. The van der Waals surface area contributed by atoms with Crippen LogP contribution in [0, 0.1) is 0 Å². The van der Waals surface area contributed by atoms with E-state index in [9.17, 15) is 4.79 Å². The van der Waals surface area contributed by atoms with Crippen molar-refractivity contribution in [3.8, 4) is 11.5 Å². The van der Waals surface area contributed by atoms with Gasteiger partial charge < -0.3 is 19.9 Å². The van der Waals surface area contributed by atoms with E-state index >= 15 is 0 Å². The van der Waals surface area contributed by atoms with Gasteiger partial charge in [0.05, 0.1) is 13.5 Å². The lowest BCUT2D eigenvalue weighted by atomic mass is 10.1. The van der Waals surface area contributed by atoms with Gasteiger partial charge in [0.2, 0.25) is 6.79 Å². The van der Waals surface area contributed by atoms with Crippen molar-refractivity contribution >= 4 is 17.7 Å². The number of carbonyl (C=O) groups excluding carboxylic acids is 1. The van der Waals surface area contributed by atoms with Gasteiger partial charge in [-0.05, 0) is 17.7 Å². The van der Waals surface area contributed by atoms with Crippen molar-refractivity contribution in [3.63, 3.8) is 0 Å². The van der Waals surface area contributed by atoms with Crippen LogP contribution < -0.4 is 15.2 Å². The molecule has 0 aliphatic carbocycles. The molecule has 0 bridgehead atoms. The van der Waals surface area contributed by atoms with Crippen LogP contribution in [0.2, 0.25) is 0 Å². The van der Waals surface area contributed by atoms with E-state index in [1.165, 1.54) is 7.11 Å². The lowest BCUT2D eigenvalue weighted by Gasteiger charge is -2.12. The summed E-state index contributed by atoms with van der Waals surface area (Å²) in [5.74, 6) is 2.77. The molecule has 1 atom stereocenters. The highest BCUT2D eigenvalue weighted by molar-refractivity contribution is 7.99. The van der Waals surface area contributed by atoms with Crippen LogP contribution in [0.1, 0.15) is 18.0 Å². The van der Waals surface area contributed by atoms with Gasteiger partial charge >= 0.3 is 5.97 Å². The molecule has 6 heteroatoms. The average Bonchev–Trinajstić information content (AvgIpc) is 2.90. The van der Waals surface area contributed by atoms with Gasteiger partial charge in [-0.2, -0.15) is 11.8 Å². The van der Waals surface area contributed by atoms with Crippen molar-refractivity contribution in [3.05, 3.63) is 23.8 Å². The fourth-order valence-electron chi connectivity index (χ4n) is 1.71. The fourth-order valence-corrected chi connectivity index (χ4v) is 2.63. The highest BCUT2D eigenvalue weighted by atomic mass is 32.2. The maximum atomic E-state index is 11.0. The van der Waals surface area contributed by atoms with Crippen molar-refractivity contribution in [1.29, 1.82) is 0 Å². The number of nitrogens with two attached hydrogens (primary N) is 1. The number of rotatable bonds is 6. The first-order valence-electron chi connectivity index (χ1n) is 6.00. The molecule has 0 saturated heterocycles. The average molecular weight is 283 g/mol. The third-order valence-corrected chi connectivity index (χ3v) is 3.89. The Bertz CT molecular complexity index is 452. The number of methoxy groups -OCH3 is 1. The molecule has 19 heavy (non-hydrogen) atoms. The summed E-state index contributed by atoms with van der Waals surface area (Å²) < 4.78 is 15.1. The lowest BCUT2D eigenvalue weighted by Crippen LogP contribution is -2.13. The minimum Gasteiger partial charge on any atom is -0.469 e. The van der Waals surface area contributed by atoms with E-state index < -0.39 is 0 Å². The summed E-state index contributed by atoms with van der Waals surface area (Å²) >= 11 is 1.64. The van der Waals surface area contributed by atoms with E-state index in [4.69, 9.17) is 15.2 Å². The van der Waals surface area contributed by atoms with Crippen LogP contribution in [0.25, 0.3) is 0 Å². The highest BCUT2D eigenvalue weighted by Crippen LogP contribution is 2.34. The molecule has 0 amide bonds. The maximum Gasteiger partial charge on any atom is 0.306 e. The van der Waals surface area contributed by atoms with Gasteiger partial charge in [-0.25, -0.2) is 0 Å². The third kappa shape index (κ3) is 3.78. The molecule has 1 aliphatic heterocycles. The summed E-state index contributed by atoms with van der Waals surface area (Å²) in [6, 6.07) is 5.64. The highest BCUT2D eigenvalue weighted by Gasteiger charge is 2.16. The van der Waals surface area contributed by atoms with Crippen LogP contribution in [-0.2, 0) is 9.53 Å². The standard InChI is InChI=1S/C13H17NO4S/c1-16-13(15)4-5-19-7-10(14)9-2-3-11-12(6-9)18-8-17-11/h2-3,6,10H,4-5,7-8,14H2,1H3. The zero-order chi connectivity index (χ0) is 13.7. The number of carbonyl (C=O) groups is 1. The predicted molar refractivity (Wildman–Crippen MR) is 73.5 cm³/mol. The normalized spacial score (nSPS) is 14.2. The second-order valence-corrected chi connectivity index (χ2v) is 5.27. The number of thioether (sulfide) groups is 1. The molecule has 1 aliphatic rings. The summed E-state index contributed by atoms with van der Waals surface area (Å²) in [7, 11) is 1.39. The monoisotopic (exact) mass is 283 g/mol. The fraction of sp³-hybridized carbons (Fsp3) is 0.462. The van der Waals surface area contributed by atoms with Crippen LogP contribution in [0.5, 0.6) is 11.5 Å². The van der Waals surface area contributed by atoms with Crippen molar-refractivity contribution in [2.45, 2.75) is 12.5 Å². The second kappa shape index (κ2) is 6.68. The second-order valence-electron chi connectivity index (χ2n) is 4.12. The number of hydrogen-bond acceptors (Lipinski definition) is 6. The Kier molecular flexibility index (Phi) is 4.93. The SMILES string of the molecule is COC(=O)CCSCC(N)c1ccc2c(c1)OCO2. The summed E-state index contributed by atoms with van der Waals surface area (Å²) in [5, 5.41) is 0. The third-order valence-electron chi connectivity index (χ3n) is 2.80. The van der Waals surface area contributed by atoms with Gasteiger partial charge in [0.25, 0.3) is 0 Å². The maximum absolute atomic E-state index is 11.0. The summed E-state index contributed by atoms with van der Waals surface area (Å²) in [5.41, 5.74) is 7.11. The first kappa shape index (κ1) is 14.0. The zero-order valence-electron chi connectivity index (χ0n) is 10.8. The molecular formula is C13H17NO4S. The number of fused-ring (bicyclic) bond motifs is 1. The van der Waals surface area contributed by atoms with E-state index in [0.717, 1.165) is 22.8 Å². The number of ether oxygens (including phenoxy) is 3. The molecule has 1 heterocycles. The van der Waals surface area contributed by atoms with Crippen LogP contribution >= 0.6 is 11.8 Å². The van der Waals surface area contributed by atoms with Gasteiger partial charge in [0.1, 0.15) is 0 Å². The first-order valence-corrected chi connectivity index (χ1v) is 7.16. The van der Waals surface area contributed by atoms with Crippen LogP contribution in [-0.4, -0.2) is 31.4 Å². The Morgan fingerprint density at radius 2 is 2.26 bits per heavy atom. The van der Waals surface area contributed by atoms with E-state index in [1.54, 1.807) is 11.8 Å². The Balaban J connectivity index is 1.80. The quantitative estimate of drug-likeness (QED) is 0.633. The minimum atomic E-state index is -0.191. The molecule has 0 spiro atoms. The molecule has 0 fully saturated rings. The van der Waals surface area contributed by atoms with Crippen molar-refractivity contribution < 1.29 is 19.0 Å². The van der Waals surface area contributed by atoms with Crippen LogP contribution in [0.4, 0.5) is 0 Å². The molecule has 1 aromatic carbocycles. The van der Waals surface area contributed by atoms with Gasteiger partial charge in [-0.15, -0.1) is 0 Å². The molecule has 0 radical (unpaired) electrons. The zero-order valence-corrected chi connectivity index (χ0v) is 11.6. The molecule has 1 unspecified atom stereocenters. The summed E-state index contributed by atoms with van der Waals surface area (Å²) in [6.45, 7) is 0.266. The summed E-state index contributed by atoms with van der Waals surface area (Å²) in [6.07, 6.45) is 0.412. The Hall–Kier alpha value is -1.40. The lowest BCUT2D eigenvalue weighted by molar-refractivity contribution is -0.140.